The molecule has 0 N–H and O–H groups in total. The first-order chi connectivity index (χ1) is 16.3. The van der Waals surface area contributed by atoms with E-state index >= 15 is 0 Å². The van der Waals surface area contributed by atoms with Gasteiger partial charge in [0.05, 0.1) is 17.1 Å². The Bertz CT molecular complexity index is 1470. The maximum absolute atomic E-state index is 12.7. The van der Waals surface area contributed by atoms with Gasteiger partial charge < -0.3 is 4.52 Å². The SMILES string of the molecule is FC(F)(F)c1nc(-c2ccc(Cn3nnc4cc(Cl)c(Sc5ccc(Br)cc5)cc43)cc2)no1. The van der Waals surface area contributed by atoms with Crippen LogP contribution in [0.4, 0.5) is 13.2 Å². The van der Waals surface area contributed by atoms with Gasteiger partial charge in [-0.05, 0) is 42.0 Å². The number of hydrogen-bond acceptors (Lipinski definition) is 6. The van der Waals surface area contributed by atoms with Gasteiger partial charge >= 0.3 is 12.1 Å². The van der Waals surface area contributed by atoms with Gasteiger partial charge in [-0.3, -0.25) is 0 Å². The number of alkyl halides is 3. The molecule has 172 valence electrons. The van der Waals surface area contributed by atoms with E-state index in [1.807, 2.05) is 30.3 Å². The molecule has 12 heteroatoms. The normalized spacial score (nSPS) is 11.9. The first kappa shape index (κ1) is 22.9. The highest BCUT2D eigenvalue weighted by molar-refractivity contribution is 9.10. The van der Waals surface area contributed by atoms with Crippen LogP contribution in [0, 0.1) is 0 Å². The van der Waals surface area contributed by atoms with E-state index in [9.17, 15) is 13.2 Å². The molecule has 0 aliphatic rings. The van der Waals surface area contributed by atoms with Gasteiger partial charge in [0.2, 0.25) is 5.82 Å². The molecule has 0 bridgehead atoms. The lowest BCUT2D eigenvalue weighted by atomic mass is 10.1. The standard InChI is InChI=1S/C22H12BrClF3N5OS/c23-14-5-7-15(8-6-14)34-19-10-18-17(9-16(19)24)29-31-32(18)11-12-1-3-13(4-2-12)20-28-21(33-30-20)22(25,26)27/h1-10H,11H2. The molecular formula is C22H12BrClF3N5OS. The van der Waals surface area contributed by atoms with Crippen LogP contribution in [0.1, 0.15) is 11.5 Å². The van der Waals surface area contributed by atoms with E-state index < -0.39 is 12.1 Å². The summed E-state index contributed by atoms with van der Waals surface area (Å²) in [5.74, 6) is -1.51. The molecule has 0 aliphatic heterocycles. The Morgan fingerprint density at radius 3 is 2.44 bits per heavy atom. The Morgan fingerprint density at radius 2 is 1.76 bits per heavy atom. The first-order valence-electron chi connectivity index (χ1n) is 9.73. The van der Waals surface area contributed by atoms with E-state index in [1.54, 1.807) is 35.0 Å². The third-order valence-electron chi connectivity index (χ3n) is 4.82. The number of nitrogens with zero attached hydrogens (tertiary/aromatic N) is 5. The fraction of sp³-hybridized carbons (Fsp3) is 0.0909. The molecule has 0 radical (unpaired) electrons. The lowest BCUT2D eigenvalue weighted by Gasteiger charge is -2.07. The second kappa shape index (κ2) is 9.05. The lowest BCUT2D eigenvalue weighted by Crippen LogP contribution is -2.04. The zero-order valence-corrected chi connectivity index (χ0v) is 20.1. The van der Waals surface area contributed by atoms with Gasteiger partial charge in [0.15, 0.2) is 0 Å². The zero-order valence-electron chi connectivity index (χ0n) is 16.9. The Kier molecular flexibility index (Phi) is 6.09. The van der Waals surface area contributed by atoms with Crippen molar-refractivity contribution in [2.45, 2.75) is 22.5 Å². The Balaban J connectivity index is 1.38. The molecule has 0 amide bonds. The van der Waals surface area contributed by atoms with Crippen LogP contribution >= 0.6 is 39.3 Å². The predicted octanol–water partition coefficient (Wildman–Crippen LogP) is 7.12. The maximum Gasteiger partial charge on any atom is 0.471 e. The molecule has 0 unspecified atom stereocenters. The van der Waals surface area contributed by atoms with E-state index in [1.165, 1.54) is 11.8 Å². The Morgan fingerprint density at radius 1 is 1.03 bits per heavy atom. The fourth-order valence-electron chi connectivity index (χ4n) is 3.18. The molecular weight excluding hydrogens is 555 g/mol. The zero-order chi connectivity index (χ0) is 23.9. The number of fused-ring (bicyclic) bond motifs is 1. The molecule has 0 aliphatic carbocycles. The minimum Gasteiger partial charge on any atom is -0.329 e. The third-order valence-corrected chi connectivity index (χ3v) is 6.84. The van der Waals surface area contributed by atoms with Crippen molar-refractivity contribution in [2.75, 3.05) is 0 Å². The molecule has 0 spiro atoms. The summed E-state index contributed by atoms with van der Waals surface area (Å²) in [6.45, 7) is 0.404. The largest absolute Gasteiger partial charge is 0.471 e. The smallest absolute Gasteiger partial charge is 0.329 e. The minimum atomic E-state index is -4.68. The summed E-state index contributed by atoms with van der Waals surface area (Å²) < 4.78 is 45.1. The highest BCUT2D eigenvalue weighted by Gasteiger charge is 2.38. The van der Waals surface area contributed by atoms with E-state index in [0.29, 0.717) is 22.6 Å². The first-order valence-corrected chi connectivity index (χ1v) is 11.7. The van der Waals surface area contributed by atoms with Gasteiger partial charge in [0, 0.05) is 19.8 Å². The van der Waals surface area contributed by atoms with Crippen LogP contribution in [0.2, 0.25) is 5.02 Å². The predicted molar refractivity (Wildman–Crippen MR) is 125 cm³/mol. The van der Waals surface area contributed by atoms with Crippen molar-refractivity contribution in [3.63, 3.8) is 0 Å². The fourth-order valence-corrected chi connectivity index (χ4v) is 4.57. The molecule has 0 atom stereocenters. The topological polar surface area (TPSA) is 69.6 Å². The van der Waals surface area contributed by atoms with Gasteiger partial charge in [0.25, 0.3) is 0 Å². The van der Waals surface area contributed by atoms with Crippen molar-refractivity contribution in [2.24, 2.45) is 0 Å². The van der Waals surface area contributed by atoms with Crippen molar-refractivity contribution < 1.29 is 17.7 Å². The van der Waals surface area contributed by atoms with Crippen molar-refractivity contribution in [3.8, 4) is 11.4 Å². The van der Waals surface area contributed by atoms with Crippen molar-refractivity contribution in [3.05, 3.63) is 81.6 Å². The monoisotopic (exact) mass is 565 g/mol. The van der Waals surface area contributed by atoms with E-state index in [0.717, 1.165) is 25.3 Å². The summed E-state index contributed by atoms with van der Waals surface area (Å²) in [7, 11) is 0. The summed E-state index contributed by atoms with van der Waals surface area (Å²) in [6, 6.07) is 18.4. The minimum absolute atomic E-state index is 0.130. The van der Waals surface area contributed by atoms with Crippen LogP contribution in [0.3, 0.4) is 0 Å². The average molecular weight is 567 g/mol. The number of rotatable bonds is 5. The number of halogens is 5. The quantitative estimate of drug-likeness (QED) is 0.226. The average Bonchev–Trinajstić information content (AvgIpc) is 3.44. The summed E-state index contributed by atoms with van der Waals surface area (Å²) in [6.07, 6.45) is -4.68. The van der Waals surface area contributed by atoms with Gasteiger partial charge in [-0.2, -0.15) is 18.2 Å². The molecule has 3 aromatic carbocycles. The van der Waals surface area contributed by atoms with Crippen LogP contribution in [0.25, 0.3) is 22.4 Å². The third kappa shape index (κ3) is 4.82. The van der Waals surface area contributed by atoms with Crippen LogP contribution in [-0.2, 0) is 12.7 Å². The number of hydrogen-bond donors (Lipinski definition) is 0. The molecule has 34 heavy (non-hydrogen) atoms. The van der Waals surface area contributed by atoms with Crippen LogP contribution < -0.4 is 0 Å². The van der Waals surface area contributed by atoms with Gasteiger partial charge in [-0.15, -0.1) is 5.10 Å². The van der Waals surface area contributed by atoms with E-state index in [4.69, 9.17) is 11.6 Å². The number of aromatic nitrogens is 5. The van der Waals surface area contributed by atoms with Crippen molar-refractivity contribution in [1.29, 1.82) is 0 Å². The highest BCUT2D eigenvalue weighted by atomic mass is 79.9. The lowest BCUT2D eigenvalue weighted by molar-refractivity contribution is -0.159. The number of benzene rings is 3. The van der Waals surface area contributed by atoms with E-state index in [2.05, 4.69) is 40.9 Å². The molecule has 0 saturated carbocycles. The van der Waals surface area contributed by atoms with Gasteiger partial charge in [-0.25, -0.2) is 4.68 Å². The second-order valence-electron chi connectivity index (χ2n) is 7.19. The highest BCUT2D eigenvalue weighted by Crippen LogP contribution is 2.36. The Labute approximate surface area is 208 Å². The van der Waals surface area contributed by atoms with Crippen LogP contribution in [0.5, 0.6) is 0 Å². The molecule has 5 rings (SSSR count). The summed E-state index contributed by atoms with van der Waals surface area (Å²) in [5.41, 5.74) is 2.74. The summed E-state index contributed by atoms with van der Waals surface area (Å²) in [5, 5.41) is 12.4. The van der Waals surface area contributed by atoms with Crippen LogP contribution in [0.15, 0.2) is 79.5 Å². The second-order valence-corrected chi connectivity index (χ2v) is 9.63. The molecule has 0 saturated heterocycles. The molecule has 5 aromatic rings. The maximum atomic E-state index is 12.7. The molecule has 2 aromatic heterocycles. The van der Waals surface area contributed by atoms with Crippen molar-refractivity contribution >= 4 is 50.3 Å². The molecule has 0 fully saturated rings. The molecule has 6 nitrogen and oxygen atoms in total. The van der Waals surface area contributed by atoms with Crippen molar-refractivity contribution in [1.82, 2.24) is 25.1 Å². The van der Waals surface area contributed by atoms with Crippen LogP contribution in [-0.4, -0.2) is 25.1 Å². The summed E-state index contributed by atoms with van der Waals surface area (Å²) in [4.78, 5) is 5.31. The Hall–Kier alpha value is -2.89. The van der Waals surface area contributed by atoms with E-state index in [-0.39, 0.29) is 5.82 Å². The van der Waals surface area contributed by atoms with Gasteiger partial charge in [0.1, 0.15) is 5.52 Å². The molecule has 2 heterocycles. The van der Waals surface area contributed by atoms with Gasteiger partial charge in [-0.1, -0.05) is 73.9 Å². The summed E-state index contributed by atoms with van der Waals surface area (Å²) >= 11 is 11.4.